The van der Waals surface area contributed by atoms with E-state index < -0.39 is 0 Å². The van der Waals surface area contributed by atoms with Gasteiger partial charge in [0, 0.05) is 36.8 Å². The zero-order valence-electron chi connectivity index (χ0n) is 16.2. The Balaban J connectivity index is 1.46. The molecule has 1 unspecified atom stereocenters. The summed E-state index contributed by atoms with van der Waals surface area (Å²) in [5.41, 5.74) is 1.53. The summed E-state index contributed by atoms with van der Waals surface area (Å²) in [6.07, 6.45) is 2.68. The molecule has 0 bridgehead atoms. The summed E-state index contributed by atoms with van der Waals surface area (Å²) in [6, 6.07) is 11.3. The minimum atomic E-state index is -0.210. The summed E-state index contributed by atoms with van der Waals surface area (Å²) in [4.78, 5) is 29.1. The number of carbonyl (C=O) groups excluding carboxylic acids is 2. The molecule has 0 saturated carbocycles. The molecule has 1 atom stereocenters. The second-order valence-electron chi connectivity index (χ2n) is 7.25. The van der Waals surface area contributed by atoms with Gasteiger partial charge in [0.25, 0.3) is 11.8 Å². The molecule has 2 aromatic rings. The Hall–Kier alpha value is -2.42. The fourth-order valence-electron chi connectivity index (χ4n) is 3.51. The standard InChI is InChI=1S/C21H21N3O3S2/c1-23-10-9-15(12-23)24(2)20(26)14-5-3-13(4-6-14)17-8-7-16(27-17)11-18-19(25)22-21(28)29-18/h3-8,11,15H,9-10,12H2,1-2H3,(H,22,25,28)/b18-11-. The number of hydrogen-bond donors (Lipinski definition) is 1. The highest BCUT2D eigenvalue weighted by Gasteiger charge is 2.27. The van der Waals surface area contributed by atoms with E-state index in [1.165, 1.54) is 11.8 Å². The van der Waals surface area contributed by atoms with Crippen molar-refractivity contribution >= 4 is 46.2 Å². The van der Waals surface area contributed by atoms with Gasteiger partial charge in [-0.1, -0.05) is 36.1 Å². The Morgan fingerprint density at radius 3 is 2.69 bits per heavy atom. The Kier molecular flexibility index (Phi) is 5.58. The number of rotatable bonds is 4. The van der Waals surface area contributed by atoms with E-state index in [0.717, 1.165) is 25.1 Å². The molecule has 2 amide bonds. The number of furan rings is 1. The minimum Gasteiger partial charge on any atom is -0.457 e. The van der Waals surface area contributed by atoms with Crippen LogP contribution in [0, 0.1) is 0 Å². The van der Waals surface area contributed by atoms with Crippen LogP contribution in [0.5, 0.6) is 0 Å². The summed E-state index contributed by atoms with van der Waals surface area (Å²) in [5, 5.41) is 2.58. The fraction of sp³-hybridized carbons (Fsp3) is 0.286. The average Bonchev–Trinajstić information content (AvgIpc) is 3.42. The summed E-state index contributed by atoms with van der Waals surface area (Å²) in [5.74, 6) is 1.07. The van der Waals surface area contributed by atoms with E-state index >= 15 is 0 Å². The number of nitrogens with zero attached hydrogens (tertiary/aromatic N) is 2. The highest BCUT2D eigenvalue weighted by atomic mass is 32.2. The molecule has 2 fully saturated rings. The van der Waals surface area contributed by atoms with Gasteiger partial charge in [0.1, 0.15) is 15.8 Å². The third-order valence-electron chi connectivity index (χ3n) is 5.19. The van der Waals surface area contributed by atoms with Crippen molar-refractivity contribution in [1.82, 2.24) is 15.1 Å². The first kappa shape index (κ1) is 19.9. The van der Waals surface area contributed by atoms with Gasteiger partial charge in [0.05, 0.1) is 4.91 Å². The lowest BCUT2D eigenvalue weighted by Gasteiger charge is -2.24. The minimum absolute atomic E-state index is 0.0296. The van der Waals surface area contributed by atoms with Gasteiger partial charge in [-0.05, 0) is 44.3 Å². The van der Waals surface area contributed by atoms with Gasteiger partial charge in [0.15, 0.2) is 0 Å². The van der Waals surface area contributed by atoms with E-state index in [1.54, 1.807) is 12.1 Å². The van der Waals surface area contributed by atoms with Crippen LogP contribution in [0.3, 0.4) is 0 Å². The predicted octanol–water partition coefficient (Wildman–Crippen LogP) is 3.21. The van der Waals surface area contributed by atoms with Gasteiger partial charge in [-0.2, -0.15) is 0 Å². The molecule has 4 rings (SSSR count). The van der Waals surface area contributed by atoms with Crippen LogP contribution in [-0.2, 0) is 4.79 Å². The van der Waals surface area contributed by atoms with Gasteiger partial charge in [-0.3, -0.25) is 9.59 Å². The van der Waals surface area contributed by atoms with Crippen molar-refractivity contribution < 1.29 is 14.0 Å². The number of amides is 2. The van der Waals surface area contributed by atoms with Crippen molar-refractivity contribution in [3.8, 4) is 11.3 Å². The zero-order valence-corrected chi connectivity index (χ0v) is 17.8. The van der Waals surface area contributed by atoms with E-state index in [-0.39, 0.29) is 17.9 Å². The Morgan fingerprint density at radius 1 is 1.31 bits per heavy atom. The number of likely N-dealkylation sites (tertiary alicyclic amines) is 1. The molecule has 2 aliphatic heterocycles. The van der Waals surface area contributed by atoms with Crippen LogP contribution in [0.15, 0.2) is 45.7 Å². The summed E-state index contributed by atoms with van der Waals surface area (Å²) in [7, 11) is 3.95. The molecular formula is C21H21N3O3S2. The molecule has 3 heterocycles. The van der Waals surface area contributed by atoms with Gasteiger partial charge in [-0.15, -0.1) is 0 Å². The van der Waals surface area contributed by atoms with Crippen molar-refractivity contribution in [2.45, 2.75) is 12.5 Å². The van der Waals surface area contributed by atoms with Crippen LogP contribution in [0.4, 0.5) is 0 Å². The SMILES string of the molecule is CN1CCC(N(C)C(=O)c2ccc(-c3ccc(/C=C4\SC(=S)NC4=O)o3)cc2)C1. The second-order valence-corrected chi connectivity index (χ2v) is 8.97. The maximum atomic E-state index is 12.8. The molecule has 1 aromatic carbocycles. The monoisotopic (exact) mass is 427 g/mol. The van der Waals surface area contributed by atoms with E-state index in [0.29, 0.717) is 26.3 Å². The maximum Gasteiger partial charge on any atom is 0.263 e. The molecule has 0 radical (unpaired) electrons. The molecule has 2 saturated heterocycles. The maximum absolute atomic E-state index is 12.8. The van der Waals surface area contributed by atoms with Crippen molar-refractivity contribution in [2.75, 3.05) is 27.2 Å². The van der Waals surface area contributed by atoms with Gasteiger partial charge in [0.2, 0.25) is 0 Å². The molecule has 6 nitrogen and oxygen atoms in total. The van der Waals surface area contributed by atoms with Gasteiger partial charge >= 0.3 is 0 Å². The Morgan fingerprint density at radius 2 is 2.07 bits per heavy atom. The highest BCUT2D eigenvalue weighted by Crippen LogP contribution is 2.29. The van der Waals surface area contributed by atoms with Gasteiger partial charge < -0.3 is 19.5 Å². The quantitative estimate of drug-likeness (QED) is 0.597. The molecule has 29 heavy (non-hydrogen) atoms. The van der Waals surface area contributed by atoms with Crippen molar-refractivity contribution in [1.29, 1.82) is 0 Å². The fourth-order valence-corrected chi connectivity index (χ4v) is 4.53. The van der Waals surface area contributed by atoms with Crippen molar-refractivity contribution in [2.24, 2.45) is 0 Å². The van der Waals surface area contributed by atoms with Crippen molar-refractivity contribution in [3.05, 3.63) is 52.6 Å². The Bertz CT molecular complexity index is 997. The number of carbonyl (C=O) groups is 2. The molecule has 150 valence electrons. The molecule has 2 aliphatic rings. The summed E-state index contributed by atoms with van der Waals surface area (Å²) in [6.45, 7) is 1.93. The molecule has 1 aromatic heterocycles. The highest BCUT2D eigenvalue weighted by molar-refractivity contribution is 8.26. The van der Waals surface area contributed by atoms with Crippen LogP contribution in [0.1, 0.15) is 22.5 Å². The first-order chi connectivity index (χ1) is 13.9. The average molecular weight is 428 g/mol. The largest absolute Gasteiger partial charge is 0.457 e. The molecule has 0 spiro atoms. The number of nitrogens with one attached hydrogen (secondary N) is 1. The number of benzene rings is 1. The predicted molar refractivity (Wildman–Crippen MR) is 118 cm³/mol. The number of thiocarbonyl (C=S) groups is 1. The van der Waals surface area contributed by atoms with E-state index in [1.807, 2.05) is 42.3 Å². The molecule has 0 aliphatic carbocycles. The van der Waals surface area contributed by atoms with Crippen LogP contribution in [0.2, 0.25) is 0 Å². The lowest BCUT2D eigenvalue weighted by atomic mass is 10.1. The third-order valence-corrected chi connectivity index (χ3v) is 6.36. The zero-order chi connectivity index (χ0) is 20.5. The van der Waals surface area contributed by atoms with Gasteiger partial charge in [-0.25, -0.2) is 0 Å². The molecule has 8 heteroatoms. The first-order valence-corrected chi connectivity index (χ1v) is 10.5. The Labute approximate surface area is 178 Å². The van der Waals surface area contributed by atoms with E-state index in [2.05, 4.69) is 17.3 Å². The smallest absolute Gasteiger partial charge is 0.263 e. The van der Waals surface area contributed by atoms with E-state index in [4.69, 9.17) is 16.6 Å². The van der Waals surface area contributed by atoms with Crippen molar-refractivity contribution in [3.63, 3.8) is 0 Å². The first-order valence-electron chi connectivity index (χ1n) is 9.31. The van der Waals surface area contributed by atoms with Crippen LogP contribution >= 0.6 is 24.0 Å². The van der Waals surface area contributed by atoms with Crippen LogP contribution in [0.25, 0.3) is 17.4 Å². The van der Waals surface area contributed by atoms with E-state index in [9.17, 15) is 9.59 Å². The molecule has 1 N–H and O–H groups in total. The number of likely N-dealkylation sites (N-methyl/N-ethyl adjacent to an activating group) is 2. The lowest BCUT2D eigenvalue weighted by Crippen LogP contribution is -2.38. The summed E-state index contributed by atoms with van der Waals surface area (Å²) < 4.78 is 6.29. The second kappa shape index (κ2) is 8.14. The number of hydrogen-bond acceptors (Lipinski definition) is 6. The normalized spacial score (nSPS) is 21.0. The lowest BCUT2D eigenvalue weighted by molar-refractivity contribution is -0.115. The molecular weight excluding hydrogens is 406 g/mol. The summed E-state index contributed by atoms with van der Waals surface area (Å²) >= 11 is 6.21. The topological polar surface area (TPSA) is 65.8 Å². The van der Waals surface area contributed by atoms with Crippen LogP contribution in [-0.4, -0.2) is 59.2 Å². The van der Waals surface area contributed by atoms with Crippen LogP contribution < -0.4 is 5.32 Å². The third kappa shape index (κ3) is 4.29. The number of thioether (sulfide) groups is 1.